The Labute approximate surface area is 99.0 Å². The minimum atomic E-state index is 0.185. The van der Waals surface area contributed by atoms with Crippen molar-refractivity contribution in [3.63, 3.8) is 0 Å². The van der Waals surface area contributed by atoms with Crippen LogP contribution in [0.3, 0.4) is 0 Å². The Kier molecular flexibility index (Phi) is 5.08. The highest BCUT2D eigenvalue weighted by Gasteiger charge is 2.05. The Balaban J connectivity index is 2.70. The van der Waals surface area contributed by atoms with E-state index in [4.69, 9.17) is 10.8 Å². The highest BCUT2D eigenvalue weighted by atomic mass is 79.9. The first-order valence-electron chi connectivity index (χ1n) is 5.04. The summed E-state index contributed by atoms with van der Waals surface area (Å²) in [4.78, 5) is 2.15. The molecule has 0 amide bonds. The molecule has 0 atom stereocenters. The molecule has 1 rings (SSSR count). The summed E-state index contributed by atoms with van der Waals surface area (Å²) < 4.78 is 0.994. The van der Waals surface area contributed by atoms with Gasteiger partial charge in [-0.3, -0.25) is 4.90 Å². The summed E-state index contributed by atoms with van der Waals surface area (Å²) in [6.45, 7) is 4.65. The molecule has 0 unspecified atom stereocenters. The van der Waals surface area contributed by atoms with E-state index in [0.29, 0.717) is 6.54 Å². The molecule has 0 saturated heterocycles. The number of anilines is 1. The van der Waals surface area contributed by atoms with Crippen molar-refractivity contribution >= 4 is 21.6 Å². The molecule has 0 fully saturated rings. The number of halogens is 1. The van der Waals surface area contributed by atoms with Gasteiger partial charge in [-0.2, -0.15) is 0 Å². The Morgan fingerprint density at radius 1 is 1.47 bits per heavy atom. The number of likely N-dealkylation sites (N-methyl/N-ethyl adjacent to an activating group) is 1. The van der Waals surface area contributed by atoms with Gasteiger partial charge in [0.05, 0.1) is 6.61 Å². The summed E-state index contributed by atoms with van der Waals surface area (Å²) in [5, 5.41) is 8.88. The Morgan fingerprint density at radius 2 is 2.20 bits per heavy atom. The Bertz CT molecular complexity index is 317. The van der Waals surface area contributed by atoms with Crippen LogP contribution in [-0.4, -0.2) is 29.7 Å². The van der Waals surface area contributed by atoms with E-state index in [1.165, 1.54) is 0 Å². The maximum atomic E-state index is 8.88. The molecule has 0 aliphatic carbocycles. The van der Waals surface area contributed by atoms with Gasteiger partial charge in [-0.25, -0.2) is 0 Å². The average molecular weight is 273 g/mol. The highest BCUT2D eigenvalue weighted by molar-refractivity contribution is 9.10. The summed E-state index contributed by atoms with van der Waals surface area (Å²) in [7, 11) is 0. The standard InChI is InChI=1S/C11H17BrN2O/c1-2-14(5-6-15)8-9-3-4-10(12)7-11(9)13/h3-4,7,15H,2,5-6,8,13H2,1H3. The lowest BCUT2D eigenvalue weighted by Crippen LogP contribution is -2.26. The van der Waals surface area contributed by atoms with Gasteiger partial charge in [0, 0.05) is 23.2 Å². The van der Waals surface area contributed by atoms with Crippen molar-refractivity contribution in [2.24, 2.45) is 0 Å². The lowest BCUT2D eigenvalue weighted by Gasteiger charge is -2.20. The SMILES string of the molecule is CCN(CCO)Cc1ccc(Br)cc1N. The first-order valence-corrected chi connectivity index (χ1v) is 5.83. The highest BCUT2D eigenvalue weighted by Crippen LogP contribution is 2.19. The van der Waals surface area contributed by atoms with Crippen molar-refractivity contribution in [1.29, 1.82) is 0 Å². The topological polar surface area (TPSA) is 49.5 Å². The molecule has 1 aromatic rings. The normalized spacial score (nSPS) is 10.9. The first kappa shape index (κ1) is 12.5. The van der Waals surface area contributed by atoms with E-state index in [2.05, 4.69) is 27.8 Å². The van der Waals surface area contributed by atoms with Crippen LogP contribution in [0, 0.1) is 0 Å². The number of nitrogen functional groups attached to an aromatic ring is 1. The summed E-state index contributed by atoms with van der Waals surface area (Å²) in [5.74, 6) is 0. The van der Waals surface area contributed by atoms with Gasteiger partial charge < -0.3 is 10.8 Å². The zero-order chi connectivity index (χ0) is 11.3. The molecule has 4 heteroatoms. The minimum absolute atomic E-state index is 0.185. The number of hydrogen-bond donors (Lipinski definition) is 2. The minimum Gasteiger partial charge on any atom is -0.398 e. The van der Waals surface area contributed by atoms with Gasteiger partial charge in [0.1, 0.15) is 0 Å². The van der Waals surface area contributed by atoms with Crippen LogP contribution in [0.4, 0.5) is 5.69 Å². The molecule has 84 valence electrons. The zero-order valence-electron chi connectivity index (χ0n) is 8.91. The van der Waals surface area contributed by atoms with Crippen molar-refractivity contribution in [3.05, 3.63) is 28.2 Å². The lowest BCUT2D eigenvalue weighted by molar-refractivity contribution is 0.197. The van der Waals surface area contributed by atoms with Gasteiger partial charge in [-0.05, 0) is 24.2 Å². The van der Waals surface area contributed by atoms with Crippen LogP contribution >= 0.6 is 15.9 Å². The smallest absolute Gasteiger partial charge is 0.0558 e. The quantitative estimate of drug-likeness (QED) is 0.805. The zero-order valence-corrected chi connectivity index (χ0v) is 10.5. The van der Waals surface area contributed by atoms with Crippen molar-refractivity contribution in [1.82, 2.24) is 4.90 Å². The number of hydrogen-bond acceptors (Lipinski definition) is 3. The second-order valence-corrected chi connectivity index (χ2v) is 4.35. The van der Waals surface area contributed by atoms with Crippen LogP contribution in [0.15, 0.2) is 22.7 Å². The molecular formula is C11H17BrN2O. The fourth-order valence-electron chi connectivity index (χ4n) is 1.44. The molecule has 0 radical (unpaired) electrons. The van der Waals surface area contributed by atoms with Crippen LogP contribution < -0.4 is 5.73 Å². The molecule has 1 aromatic carbocycles. The van der Waals surface area contributed by atoms with Crippen molar-refractivity contribution < 1.29 is 5.11 Å². The van der Waals surface area contributed by atoms with Crippen LogP contribution in [0.25, 0.3) is 0 Å². The summed E-state index contributed by atoms with van der Waals surface area (Å²) >= 11 is 3.38. The number of benzene rings is 1. The predicted molar refractivity (Wildman–Crippen MR) is 66.6 cm³/mol. The number of aliphatic hydroxyl groups excluding tert-OH is 1. The second kappa shape index (κ2) is 6.10. The van der Waals surface area contributed by atoms with Crippen molar-refractivity contribution in [2.45, 2.75) is 13.5 Å². The monoisotopic (exact) mass is 272 g/mol. The van der Waals surface area contributed by atoms with Gasteiger partial charge in [-0.1, -0.05) is 28.9 Å². The molecule has 0 bridgehead atoms. The maximum Gasteiger partial charge on any atom is 0.0558 e. The predicted octanol–water partition coefficient (Wildman–Crippen LogP) is 1.85. The molecule has 0 aliphatic rings. The van der Waals surface area contributed by atoms with Gasteiger partial charge >= 0.3 is 0 Å². The van der Waals surface area contributed by atoms with Gasteiger partial charge in [-0.15, -0.1) is 0 Å². The van der Waals surface area contributed by atoms with Gasteiger partial charge in [0.2, 0.25) is 0 Å². The second-order valence-electron chi connectivity index (χ2n) is 3.44. The molecular weight excluding hydrogens is 256 g/mol. The molecule has 0 aromatic heterocycles. The molecule has 0 spiro atoms. The van der Waals surface area contributed by atoms with E-state index >= 15 is 0 Å². The van der Waals surface area contributed by atoms with E-state index in [9.17, 15) is 0 Å². The number of rotatable bonds is 5. The number of nitrogens with two attached hydrogens (primary N) is 1. The van der Waals surface area contributed by atoms with E-state index < -0.39 is 0 Å². The van der Waals surface area contributed by atoms with E-state index in [0.717, 1.165) is 28.8 Å². The fraction of sp³-hybridized carbons (Fsp3) is 0.455. The van der Waals surface area contributed by atoms with Crippen LogP contribution in [0.2, 0.25) is 0 Å². The van der Waals surface area contributed by atoms with Crippen molar-refractivity contribution in [2.75, 3.05) is 25.4 Å². The van der Waals surface area contributed by atoms with Crippen LogP contribution in [0.5, 0.6) is 0 Å². The third kappa shape index (κ3) is 3.81. The molecule has 0 heterocycles. The van der Waals surface area contributed by atoms with Crippen LogP contribution in [-0.2, 0) is 6.54 Å². The molecule has 3 N–H and O–H groups in total. The fourth-order valence-corrected chi connectivity index (χ4v) is 1.82. The van der Waals surface area contributed by atoms with E-state index in [1.54, 1.807) is 0 Å². The average Bonchev–Trinajstić information content (AvgIpc) is 2.21. The first-order chi connectivity index (χ1) is 7.17. The Morgan fingerprint density at radius 3 is 2.73 bits per heavy atom. The molecule has 0 aliphatic heterocycles. The van der Waals surface area contributed by atoms with Crippen LogP contribution in [0.1, 0.15) is 12.5 Å². The summed E-state index contributed by atoms with van der Waals surface area (Å²) in [5.41, 5.74) is 7.80. The van der Waals surface area contributed by atoms with Gasteiger partial charge in [0.25, 0.3) is 0 Å². The maximum absolute atomic E-state index is 8.88. The van der Waals surface area contributed by atoms with E-state index in [1.807, 2.05) is 18.2 Å². The third-order valence-corrected chi connectivity index (χ3v) is 2.86. The summed E-state index contributed by atoms with van der Waals surface area (Å²) in [6, 6.07) is 5.90. The molecule has 3 nitrogen and oxygen atoms in total. The Hall–Kier alpha value is -0.580. The number of nitrogens with zero attached hydrogens (tertiary/aromatic N) is 1. The summed E-state index contributed by atoms with van der Waals surface area (Å²) in [6.07, 6.45) is 0. The molecule has 15 heavy (non-hydrogen) atoms. The third-order valence-electron chi connectivity index (χ3n) is 2.37. The van der Waals surface area contributed by atoms with Gasteiger partial charge in [0.15, 0.2) is 0 Å². The number of aliphatic hydroxyl groups is 1. The van der Waals surface area contributed by atoms with Crippen molar-refractivity contribution in [3.8, 4) is 0 Å². The lowest BCUT2D eigenvalue weighted by atomic mass is 10.1. The molecule has 0 saturated carbocycles. The van der Waals surface area contributed by atoms with E-state index in [-0.39, 0.29) is 6.61 Å². The largest absolute Gasteiger partial charge is 0.398 e.